The third-order valence-corrected chi connectivity index (χ3v) is 3.68. The van der Waals surface area contributed by atoms with E-state index >= 15 is 0 Å². The summed E-state index contributed by atoms with van der Waals surface area (Å²) >= 11 is 3.13. The van der Waals surface area contributed by atoms with Crippen molar-refractivity contribution in [1.29, 1.82) is 0 Å². The van der Waals surface area contributed by atoms with Crippen LogP contribution in [0.2, 0.25) is 0 Å². The SMILES string of the molecule is Cc1[nH]c(=O)c(F)c(Nc2ccc(Br)cc2F)c1-c1nnc(N)o1. The van der Waals surface area contributed by atoms with Gasteiger partial charge in [-0.25, -0.2) is 4.39 Å². The van der Waals surface area contributed by atoms with Gasteiger partial charge in [0.1, 0.15) is 5.82 Å². The normalized spacial score (nSPS) is 10.8. The minimum absolute atomic E-state index is 0.0316. The molecule has 0 aliphatic rings. The number of H-pyrrole nitrogens is 1. The first-order chi connectivity index (χ1) is 11.4. The zero-order valence-electron chi connectivity index (χ0n) is 12.2. The lowest BCUT2D eigenvalue weighted by molar-refractivity contribution is 0.583. The van der Waals surface area contributed by atoms with Crippen LogP contribution in [0.1, 0.15) is 5.69 Å². The third-order valence-electron chi connectivity index (χ3n) is 3.19. The molecule has 0 bridgehead atoms. The molecule has 0 radical (unpaired) electrons. The minimum atomic E-state index is -1.14. The van der Waals surface area contributed by atoms with Gasteiger partial charge in [0.15, 0.2) is 0 Å². The van der Waals surface area contributed by atoms with Crippen LogP contribution < -0.4 is 16.6 Å². The van der Waals surface area contributed by atoms with Crippen LogP contribution in [0.5, 0.6) is 0 Å². The van der Waals surface area contributed by atoms with E-state index in [4.69, 9.17) is 10.2 Å². The highest BCUT2D eigenvalue weighted by molar-refractivity contribution is 9.10. The second-order valence-electron chi connectivity index (χ2n) is 4.84. The quantitative estimate of drug-likeness (QED) is 0.626. The summed E-state index contributed by atoms with van der Waals surface area (Å²) in [6.45, 7) is 1.51. The molecule has 0 fully saturated rings. The Kier molecular flexibility index (Phi) is 4.06. The van der Waals surface area contributed by atoms with Gasteiger partial charge in [-0.15, -0.1) is 5.10 Å². The molecule has 0 saturated heterocycles. The topological polar surface area (TPSA) is 110 Å². The van der Waals surface area contributed by atoms with Crippen molar-refractivity contribution in [1.82, 2.24) is 15.2 Å². The Morgan fingerprint density at radius 3 is 2.71 bits per heavy atom. The summed E-state index contributed by atoms with van der Waals surface area (Å²) in [6, 6.07) is 3.93. The van der Waals surface area contributed by atoms with Gasteiger partial charge in [0.25, 0.3) is 11.4 Å². The summed E-state index contributed by atoms with van der Waals surface area (Å²) in [7, 11) is 0. The molecule has 7 nitrogen and oxygen atoms in total. The first-order valence-corrected chi connectivity index (χ1v) is 7.40. The Labute approximate surface area is 142 Å². The second-order valence-corrected chi connectivity index (χ2v) is 5.75. The van der Waals surface area contributed by atoms with E-state index in [-0.39, 0.29) is 34.5 Å². The highest BCUT2D eigenvalue weighted by Gasteiger charge is 2.22. The number of nitrogens with one attached hydrogen (secondary N) is 2. The summed E-state index contributed by atoms with van der Waals surface area (Å²) in [6.07, 6.45) is 0. The molecule has 124 valence electrons. The number of nitrogen functional groups attached to an aromatic ring is 1. The number of anilines is 3. The molecule has 10 heteroatoms. The minimum Gasteiger partial charge on any atom is -0.403 e. The van der Waals surface area contributed by atoms with E-state index in [0.717, 1.165) is 0 Å². The zero-order chi connectivity index (χ0) is 17.4. The number of aromatic amines is 1. The molecule has 0 amide bonds. The number of halogens is 3. The van der Waals surface area contributed by atoms with Crippen molar-refractivity contribution in [3.05, 3.63) is 50.4 Å². The molecule has 0 aliphatic heterocycles. The van der Waals surface area contributed by atoms with Crippen LogP contribution in [0.4, 0.5) is 26.2 Å². The van der Waals surface area contributed by atoms with E-state index < -0.39 is 17.2 Å². The third kappa shape index (κ3) is 2.87. The fourth-order valence-corrected chi connectivity index (χ4v) is 2.48. The van der Waals surface area contributed by atoms with Crippen molar-refractivity contribution in [2.75, 3.05) is 11.1 Å². The van der Waals surface area contributed by atoms with Crippen molar-refractivity contribution in [3.8, 4) is 11.5 Å². The lowest BCUT2D eigenvalue weighted by Crippen LogP contribution is -2.16. The highest BCUT2D eigenvalue weighted by Crippen LogP contribution is 2.33. The molecule has 1 aromatic carbocycles. The fraction of sp³-hybridized carbons (Fsp3) is 0.0714. The molecular formula is C14H10BrF2N5O2. The van der Waals surface area contributed by atoms with E-state index in [1.165, 1.54) is 19.1 Å². The van der Waals surface area contributed by atoms with Crippen LogP contribution in [0.15, 0.2) is 31.9 Å². The lowest BCUT2D eigenvalue weighted by atomic mass is 10.1. The van der Waals surface area contributed by atoms with Crippen LogP contribution in [0.3, 0.4) is 0 Å². The number of aryl methyl sites for hydroxylation is 1. The molecular weight excluding hydrogens is 388 g/mol. The van der Waals surface area contributed by atoms with E-state index in [1.54, 1.807) is 6.07 Å². The Morgan fingerprint density at radius 1 is 1.33 bits per heavy atom. The summed E-state index contributed by atoms with van der Waals surface area (Å²) in [5, 5.41) is 9.75. The zero-order valence-corrected chi connectivity index (χ0v) is 13.7. The molecule has 4 N–H and O–H groups in total. The Hall–Kier alpha value is -2.75. The van der Waals surface area contributed by atoms with Crippen LogP contribution in [0.25, 0.3) is 11.5 Å². The van der Waals surface area contributed by atoms with Crippen LogP contribution in [-0.4, -0.2) is 15.2 Å². The molecule has 2 heterocycles. The molecule has 0 aliphatic carbocycles. The maximum Gasteiger partial charge on any atom is 0.313 e. The number of benzene rings is 1. The molecule has 0 spiro atoms. The molecule has 0 saturated carbocycles. The summed E-state index contributed by atoms with van der Waals surface area (Å²) < 4.78 is 34.0. The molecule has 3 aromatic rings. The molecule has 0 atom stereocenters. The number of rotatable bonds is 3. The fourth-order valence-electron chi connectivity index (χ4n) is 2.14. The Morgan fingerprint density at radius 2 is 2.08 bits per heavy atom. The van der Waals surface area contributed by atoms with Crippen LogP contribution in [0, 0.1) is 18.6 Å². The molecule has 3 rings (SSSR count). The average molecular weight is 398 g/mol. The monoisotopic (exact) mass is 397 g/mol. The van der Waals surface area contributed by atoms with Gasteiger partial charge >= 0.3 is 6.01 Å². The average Bonchev–Trinajstić information content (AvgIpc) is 2.93. The van der Waals surface area contributed by atoms with Crippen molar-refractivity contribution in [3.63, 3.8) is 0 Å². The molecule has 0 unspecified atom stereocenters. The van der Waals surface area contributed by atoms with Crippen molar-refractivity contribution in [2.24, 2.45) is 0 Å². The Bertz CT molecular complexity index is 986. The molecule has 24 heavy (non-hydrogen) atoms. The number of hydrogen-bond acceptors (Lipinski definition) is 6. The predicted octanol–water partition coefficient (Wildman–Crippen LogP) is 3.10. The maximum absolute atomic E-state index is 14.4. The van der Waals surface area contributed by atoms with E-state index in [9.17, 15) is 13.6 Å². The van der Waals surface area contributed by atoms with Gasteiger partial charge in [-0.1, -0.05) is 21.0 Å². The van der Waals surface area contributed by atoms with Gasteiger partial charge in [0, 0.05) is 10.2 Å². The van der Waals surface area contributed by atoms with Gasteiger partial charge in [0.05, 0.1) is 16.9 Å². The second kappa shape index (κ2) is 6.04. The smallest absolute Gasteiger partial charge is 0.313 e. The number of hydrogen-bond donors (Lipinski definition) is 3. The summed E-state index contributed by atoms with van der Waals surface area (Å²) in [5.74, 6) is -1.90. The number of aromatic nitrogens is 3. The van der Waals surface area contributed by atoms with Gasteiger partial charge < -0.3 is 20.5 Å². The number of nitrogens with zero attached hydrogens (tertiary/aromatic N) is 2. The summed E-state index contributed by atoms with van der Waals surface area (Å²) in [5.41, 5.74) is 4.43. The Balaban J connectivity index is 2.20. The van der Waals surface area contributed by atoms with Gasteiger partial charge in [-0.2, -0.15) is 4.39 Å². The van der Waals surface area contributed by atoms with Gasteiger partial charge in [-0.05, 0) is 25.1 Å². The van der Waals surface area contributed by atoms with Crippen molar-refractivity contribution in [2.45, 2.75) is 6.92 Å². The maximum atomic E-state index is 14.4. The number of nitrogens with two attached hydrogens (primary N) is 1. The van der Waals surface area contributed by atoms with Crippen LogP contribution >= 0.6 is 15.9 Å². The van der Waals surface area contributed by atoms with E-state index in [0.29, 0.717) is 4.47 Å². The van der Waals surface area contributed by atoms with Crippen molar-refractivity contribution < 1.29 is 13.2 Å². The van der Waals surface area contributed by atoms with E-state index in [2.05, 4.69) is 36.4 Å². The standard InChI is InChI=1S/C14H10BrF2N5O2/c1-5-9(13-21-22-14(18)24-13)11(10(17)12(23)19-5)20-8-3-2-6(15)4-7(8)16/h2-4H,1H3,(H2,18,22)(H2,19,20,23). The highest BCUT2D eigenvalue weighted by atomic mass is 79.9. The van der Waals surface area contributed by atoms with Crippen molar-refractivity contribution >= 4 is 33.3 Å². The predicted molar refractivity (Wildman–Crippen MR) is 86.8 cm³/mol. The van der Waals surface area contributed by atoms with Crippen LogP contribution in [-0.2, 0) is 0 Å². The first-order valence-electron chi connectivity index (χ1n) is 6.60. The lowest BCUT2D eigenvalue weighted by Gasteiger charge is -2.13. The number of pyridine rings is 1. The van der Waals surface area contributed by atoms with Gasteiger partial charge in [0.2, 0.25) is 5.82 Å². The van der Waals surface area contributed by atoms with Gasteiger partial charge in [-0.3, -0.25) is 4.79 Å². The first kappa shape index (κ1) is 16.1. The summed E-state index contributed by atoms with van der Waals surface area (Å²) in [4.78, 5) is 14.0. The van der Waals surface area contributed by atoms with E-state index in [1.807, 2.05) is 0 Å². The largest absolute Gasteiger partial charge is 0.403 e. The molecule has 2 aromatic heterocycles.